The molecule has 1 heterocycles. The number of esters is 2. The second kappa shape index (κ2) is 7.99. The Bertz CT molecular complexity index is 794. The predicted molar refractivity (Wildman–Crippen MR) is 97.4 cm³/mol. The minimum atomic E-state index is -1.11. The van der Waals surface area contributed by atoms with Gasteiger partial charge in [0.05, 0.1) is 0 Å². The number of nitrogens with zero attached hydrogens (tertiary/aromatic N) is 1. The molecule has 27 heavy (non-hydrogen) atoms. The van der Waals surface area contributed by atoms with Crippen LogP contribution in [0.25, 0.3) is 0 Å². The molecule has 0 radical (unpaired) electrons. The lowest BCUT2D eigenvalue weighted by atomic mass is 9.98. The van der Waals surface area contributed by atoms with E-state index >= 15 is 0 Å². The third-order valence-electron chi connectivity index (χ3n) is 4.17. The highest BCUT2D eigenvalue weighted by Gasteiger charge is 2.52. The molecule has 0 aromatic heterocycles. The number of carboxylic acids is 1. The van der Waals surface area contributed by atoms with Crippen molar-refractivity contribution in [3.63, 3.8) is 0 Å². The lowest BCUT2D eigenvalue weighted by Crippen LogP contribution is -2.50. The first-order valence-corrected chi connectivity index (χ1v) is 9.29. The van der Waals surface area contributed by atoms with E-state index in [-0.39, 0.29) is 17.3 Å². The van der Waals surface area contributed by atoms with Gasteiger partial charge in [0, 0.05) is 32.1 Å². The van der Waals surface area contributed by atoms with Crippen LogP contribution in [0.4, 0.5) is 0 Å². The van der Waals surface area contributed by atoms with Crippen molar-refractivity contribution in [2.75, 3.05) is 5.75 Å². The van der Waals surface area contributed by atoms with Crippen LogP contribution >= 0.6 is 11.8 Å². The Hall–Kier alpha value is -2.55. The Morgan fingerprint density at radius 2 is 1.81 bits per heavy atom. The number of thioether (sulfide) groups is 1. The maximum Gasteiger partial charge on any atom is 0.327 e. The van der Waals surface area contributed by atoms with Crippen LogP contribution in [0.3, 0.4) is 0 Å². The molecule has 1 aliphatic heterocycles. The van der Waals surface area contributed by atoms with Crippen LogP contribution in [0.5, 0.6) is 11.5 Å². The number of hydrogen-bond donors (Lipinski definition) is 1. The van der Waals surface area contributed by atoms with E-state index in [1.54, 1.807) is 0 Å². The molecule has 0 aliphatic carbocycles. The Labute approximate surface area is 160 Å². The summed E-state index contributed by atoms with van der Waals surface area (Å²) in [4.78, 5) is 47.1. The zero-order chi connectivity index (χ0) is 20.4. The zero-order valence-corrected chi connectivity index (χ0v) is 16.3. The number of hydrogen-bond acceptors (Lipinski definition) is 7. The van der Waals surface area contributed by atoms with Crippen molar-refractivity contribution in [2.45, 2.75) is 45.0 Å². The Morgan fingerprint density at radius 3 is 2.30 bits per heavy atom. The Balaban J connectivity index is 2.68. The summed E-state index contributed by atoms with van der Waals surface area (Å²) < 4.78 is 10.4. The largest absolute Gasteiger partial charge is 0.480 e. The molecule has 1 saturated heterocycles. The van der Waals surface area contributed by atoms with Crippen LogP contribution in [0.2, 0.25) is 0 Å². The van der Waals surface area contributed by atoms with E-state index in [2.05, 4.69) is 0 Å². The van der Waals surface area contributed by atoms with Gasteiger partial charge in [-0.3, -0.25) is 14.4 Å². The van der Waals surface area contributed by atoms with Crippen LogP contribution < -0.4 is 9.47 Å². The van der Waals surface area contributed by atoms with E-state index in [9.17, 15) is 24.3 Å². The van der Waals surface area contributed by atoms with Gasteiger partial charge in [-0.2, -0.15) is 0 Å². The summed E-state index contributed by atoms with van der Waals surface area (Å²) in [6, 6.07) is 3.43. The fourth-order valence-electron chi connectivity index (χ4n) is 3.23. The van der Waals surface area contributed by atoms with Gasteiger partial charge in [-0.25, -0.2) is 4.79 Å². The molecule has 0 saturated carbocycles. The number of carbonyl (C=O) groups is 4. The van der Waals surface area contributed by atoms with E-state index in [1.807, 2.05) is 6.92 Å². The fourth-order valence-corrected chi connectivity index (χ4v) is 4.87. The maximum atomic E-state index is 12.4. The van der Waals surface area contributed by atoms with Crippen molar-refractivity contribution in [1.29, 1.82) is 0 Å². The summed E-state index contributed by atoms with van der Waals surface area (Å²) in [5.74, 6) is -2.04. The summed E-state index contributed by atoms with van der Waals surface area (Å²) in [6.07, 6.45) is 0.360. The van der Waals surface area contributed by atoms with Crippen molar-refractivity contribution in [2.24, 2.45) is 0 Å². The van der Waals surface area contributed by atoms with Gasteiger partial charge in [0.2, 0.25) is 5.91 Å². The molecule has 0 bridgehead atoms. The van der Waals surface area contributed by atoms with E-state index in [0.29, 0.717) is 12.0 Å². The number of carbonyl (C=O) groups excluding carboxylic acids is 3. The van der Waals surface area contributed by atoms with E-state index in [0.717, 1.165) is 0 Å². The van der Waals surface area contributed by atoms with Gasteiger partial charge in [0.25, 0.3) is 0 Å². The number of rotatable bonds is 5. The third kappa shape index (κ3) is 4.08. The number of amides is 1. The molecule has 0 spiro atoms. The van der Waals surface area contributed by atoms with Gasteiger partial charge in [0.1, 0.15) is 22.4 Å². The van der Waals surface area contributed by atoms with E-state index in [4.69, 9.17) is 9.47 Å². The van der Waals surface area contributed by atoms with Crippen LogP contribution in [0.15, 0.2) is 18.2 Å². The van der Waals surface area contributed by atoms with Crippen LogP contribution in [0.1, 0.15) is 39.7 Å². The maximum absolute atomic E-state index is 12.4. The minimum Gasteiger partial charge on any atom is -0.480 e. The topological polar surface area (TPSA) is 110 Å². The molecule has 2 rings (SSSR count). The molecule has 8 nitrogen and oxygen atoms in total. The quantitative estimate of drug-likeness (QED) is 0.596. The Morgan fingerprint density at radius 1 is 1.19 bits per heavy atom. The second-order valence-corrected chi connectivity index (χ2v) is 7.33. The lowest BCUT2D eigenvalue weighted by molar-refractivity contribution is -0.150. The van der Waals surface area contributed by atoms with Gasteiger partial charge in [-0.15, -0.1) is 11.8 Å². The summed E-state index contributed by atoms with van der Waals surface area (Å²) in [5, 5.41) is 9.53. The highest BCUT2D eigenvalue weighted by atomic mass is 32.2. The molecule has 2 atom stereocenters. The van der Waals surface area contributed by atoms with Gasteiger partial charge in [-0.05, 0) is 24.6 Å². The fraction of sp³-hybridized carbons (Fsp3) is 0.444. The van der Waals surface area contributed by atoms with Crippen molar-refractivity contribution in [1.82, 2.24) is 4.90 Å². The first-order valence-electron chi connectivity index (χ1n) is 8.30. The first kappa shape index (κ1) is 20.8. The first-order chi connectivity index (χ1) is 12.6. The molecule has 146 valence electrons. The number of carboxylic acid groups (broad SMARTS) is 1. The van der Waals surface area contributed by atoms with Crippen LogP contribution in [0, 0.1) is 0 Å². The smallest absolute Gasteiger partial charge is 0.327 e. The molecule has 1 aromatic carbocycles. The summed E-state index contributed by atoms with van der Waals surface area (Å²) in [5.41, 5.74) is 0.405. The monoisotopic (exact) mass is 395 g/mol. The summed E-state index contributed by atoms with van der Waals surface area (Å²) >= 11 is 1.28. The molecule has 1 fully saturated rings. The molecule has 1 amide bonds. The van der Waals surface area contributed by atoms with Gasteiger partial charge in [-0.1, -0.05) is 6.92 Å². The standard InChI is InChI=1S/C18H21NO7S/c1-5-18(19(10(2)20)15(9-27-18)17(23)24)14-8-13(25-11(3)21)6-7-16(14)26-12(4)22/h6-8,15H,5,9H2,1-4H3,(H,23,24). The van der Waals surface area contributed by atoms with Gasteiger partial charge >= 0.3 is 17.9 Å². The summed E-state index contributed by atoms with van der Waals surface area (Å²) in [6.45, 7) is 5.60. The van der Waals surface area contributed by atoms with Gasteiger partial charge < -0.3 is 19.5 Å². The molecule has 1 N–H and O–H groups in total. The molecule has 2 unspecified atom stereocenters. The van der Waals surface area contributed by atoms with Crippen molar-refractivity contribution in [3.05, 3.63) is 23.8 Å². The average Bonchev–Trinajstić information content (AvgIpc) is 2.96. The van der Waals surface area contributed by atoms with E-state index < -0.39 is 34.7 Å². The number of aliphatic carboxylic acids is 1. The van der Waals surface area contributed by atoms with Crippen LogP contribution in [-0.2, 0) is 24.0 Å². The van der Waals surface area contributed by atoms with Crippen LogP contribution in [-0.4, -0.2) is 45.6 Å². The molecular weight excluding hydrogens is 374 g/mol. The average molecular weight is 395 g/mol. The van der Waals surface area contributed by atoms with Crippen molar-refractivity contribution in [3.8, 4) is 11.5 Å². The highest BCUT2D eigenvalue weighted by Crippen LogP contribution is 2.53. The Kier molecular flexibility index (Phi) is 6.15. The molecular formula is C18H21NO7S. The SMILES string of the molecule is CCC1(c2cc(OC(C)=O)ccc2OC(C)=O)SCC(C(=O)O)N1C(C)=O. The molecule has 9 heteroatoms. The zero-order valence-electron chi connectivity index (χ0n) is 15.5. The molecule has 1 aromatic rings. The van der Waals surface area contributed by atoms with Gasteiger partial charge in [0.15, 0.2) is 0 Å². The number of ether oxygens (including phenoxy) is 2. The normalized spacial score (nSPS) is 21.6. The van der Waals surface area contributed by atoms with Crippen molar-refractivity contribution >= 4 is 35.6 Å². The second-order valence-electron chi connectivity index (χ2n) is 6.04. The summed E-state index contributed by atoms with van der Waals surface area (Å²) in [7, 11) is 0. The molecule has 1 aliphatic rings. The van der Waals surface area contributed by atoms with E-state index in [1.165, 1.54) is 55.6 Å². The number of benzene rings is 1. The minimum absolute atomic E-state index is 0.181. The van der Waals surface area contributed by atoms with Crippen molar-refractivity contribution < 1.29 is 33.8 Å². The third-order valence-corrected chi connectivity index (χ3v) is 5.84. The predicted octanol–water partition coefficient (Wildman–Crippen LogP) is 2.15. The lowest BCUT2D eigenvalue weighted by Gasteiger charge is -2.39. The highest BCUT2D eigenvalue weighted by molar-refractivity contribution is 8.00.